The molecule has 0 rings (SSSR count). The molecule has 0 heterocycles. The molecular formula is C5H8BrN. The lowest BCUT2D eigenvalue weighted by molar-refractivity contribution is 1.48. The molecule has 0 saturated carbocycles. The molecule has 0 aromatic heterocycles. The van der Waals surface area contributed by atoms with Crippen LogP contribution in [0.3, 0.4) is 0 Å². The van der Waals surface area contributed by atoms with E-state index in [4.69, 9.17) is 5.73 Å². The minimum absolute atomic E-state index is 0.868. The monoisotopic (exact) mass is 161 g/mol. The summed E-state index contributed by atoms with van der Waals surface area (Å²) < 4.78 is 0.868. The minimum Gasteiger partial charge on any atom is -0.404 e. The van der Waals surface area contributed by atoms with Crippen LogP contribution in [0.25, 0.3) is 0 Å². The van der Waals surface area contributed by atoms with Gasteiger partial charge in [-0.3, -0.25) is 0 Å². The molecule has 0 saturated heterocycles. The Hall–Kier alpha value is -0.240. The van der Waals surface area contributed by atoms with E-state index in [9.17, 15) is 0 Å². The molecule has 2 N–H and O–H groups in total. The molecule has 0 fully saturated rings. The summed E-state index contributed by atoms with van der Waals surface area (Å²) in [6, 6.07) is 0. The molecule has 0 aromatic carbocycles. The maximum atomic E-state index is 5.10. The van der Waals surface area contributed by atoms with Crippen molar-refractivity contribution in [1.82, 2.24) is 0 Å². The van der Waals surface area contributed by atoms with Crippen LogP contribution in [0.15, 0.2) is 22.8 Å². The van der Waals surface area contributed by atoms with Crippen LogP contribution in [0.4, 0.5) is 0 Å². The molecule has 40 valence electrons. The second kappa shape index (κ2) is 2.86. The van der Waals surface area contributed by atoms with Crippen molar-refractivity contribution >= 4 is 15.9 Å². The van der Waals surface area contributed by atoms with Crippen molar-refractivity contribution in [2.75, 3.05) is 0 Å². The van der Waals surface area contributed by atoms with Gasteiger partial charge in [-0.15, -0.1) is 0 Å². The first kappa shape index (κ1) is 6.76. The average molecular weight is 162 g/mol. The lowest BCUT2D eigenvalue weighted by Crippen LogP contribution is -1.80. The third-order valence-corrected chi connectivity index (χ3v) is 1.50. The zero-order valence-corrected chi connectivity index (χ0v) is 5.83. The van der Waals surface area contributed by atoms with Crippen molar-refractivity contribution in [2.45, 2.75) is 6.92 Å². The van der Waals surface area contributed by atoms with Gasteiger partial charge in [0.1, 0.15) is 0 Å². The van der Waals surface area contributed by atoms with E-state index in [1.54, 1.807) is 0 Å². The van der Waals surface area contributed by atoms with Crippen LogP contribution in [0.2, 0.25) is 0 Å². The number of allylic oxidation sites excluding steroid dienone is 2. The summed E-state index contributed by atoms with van der Waals surface area (Å²) in [6.45, 7) is 5.51. The predicted molar refractivity (Wildman–Crippen MR) is 36.0 cm³/mol. The number of nitrogens with two attached hydrogens (primary N) is 1. The van der Waals surface area contributed by atoms with Gasteiger partial charge in [-0.2, -0.15) is 0 Å². The van der Waals surface area contributed by atoms with Crippen molar-refractivity contribution in [3.8, 4) is 0 Å². The lowest BCUT2D eigenvalue weighted by Gasteiger charge is -1.89. The number of hydrogen-bond acceptors (Lipinski definition) is 1. The summed E-state index contributed by atoms with van der Waals surface area (Å²) in [4.78, 5) is 0. The van der Waals surface area contributed by atoms with E-state index in [0.717, 1.165) is 10.1 Å². The fourth-order valence-electron chi connectivity index (χ4n) is 0.142. The van der Waals surface area contributed by atoms with E-state index < -0.39 is 0 Å². The minimum atomic E-state index is 0.868. The van der Waals surface area contributed by atoms with E-state index in [1.165, 1.54) is 6.20 Å². The van der Waals surface area contributed by atoms with Gasteiger partial charge in [0.2, 0.25) is 0 Å². The van der Waals surface area contributed by atoms with E-state index in [2.05, 4.69) is 22.5 Å². The molecule has 0 aliphatic heterocycles. The lowest BCUT2D eigenvalue weighted by atomic mass is 10.3. The van der Waals surface area contributed by atoms with E-state index >= 15 is 0 Å². The van der Waals surface area contributed by atoms with Crippen LogP contribution in [0.1, 0.15) is 6.92 Å². The van der Waals surface area contributed by atoms with Gasteiger partial charge >= 0.3 is 0 Å². The molecule has 0 atom stereocenters. The third-order valence-electron chi connectivity index (χ3n) is 0.554. The molecule has 0 spiro atoms. The third kappa shape index (κ3) is 2.45. The van der Waals surface area contributed by atoms with Crippen molar-refractivity contribution in [3.05, 3.63) is 22.8 Å². The Morgan fingerprint density at radius 2 is 2.29 bits per heavy atom. The van der Waals surface area contributed by atoms with E-state index in [-0.39, 0.29) is 0 Å². The van der Waals surface area contributed by atoms with Gasteiger partial charge in [0.25, 0.3) is 0 Å². The molecule has 0 aliphatic carbocycles. The van der Waals surface area contributed by atoms with Gasteiger partial charge in [-0.1, -0.05) is 6.58 Å². The molecule has 0 aromatic rings. The number of rotatable bonds is 1. The smallest absolute Gasteiger partial charge is 0.0353 e. The van der Waals surface area contributed by atoms with Crippen LogP contribution in [0.5, 0.6) is 0 Å². The second-order valence-corrected chi connectivity index (χ2v) is 2.15. The van der Waals surface area contributed by atoms with Crippen LogP contribution >= 0.6 is 15.9 Å². The largest absolute Gasteiger partial charge is 0.404 e. The first-order valence-corrected chi connectivity index (χ1v) is 2.71. The van der Waals surface area contributed by atoms with Crippen LogP contribution in [0, 0.1) is 0 Å². The molecular weight excluding hydrogens is 154 g/mol. The SMILES string of the molecule is C=C(C)/C(Br)=C\N. The van der Waals surface area contributed by atoms with Crippen molar-refractivity contribution in [3.63, 3.8) is 0 Å². The van der Waals surface area contributed by atoms with Crippen molar-refractivity contribution in [2.24, 2.45) is 5.73 Å². The predicted octanol–water partition coefficient (Wildman–Crippen LogP) is 1.76. The highest BCUT2D eigenvalue weighted by atomic mass is 79.9. The van der Waals surface area contributed by atoms with Gasteiger partial charge in [0.15, 0.2) is 0 Å². The maximum absolute atomic E-state index is 5.10. The Balaban J connectivity index is 3.82. The van der Waals surface area contributed by atoms with E-state index in [0.29, 0.717) is 0 Å². The molecule has 0 aliphatic rings. The van der Waals surface area contributed by atoms with Crippen molar-refractivity contribution < 1.29 is 0 Å². The van der Waals surface area contributed by atoms with Crippen molar-refractivity contribution in [1.29, 1.82) is 0 Å². The first-order valence-electron chi connectivity index (χ1n) is 1.91. The van der Waals surface area contributed by atoms with Gasteiger partial charge in [-0.25, -0.2) is 0 Å². The number of halogens is 1. The fraction of sp³-hybridized carbons (Fsp3) is 0.200. The maximum Gasteiger partial charge on any atom is 0.0353 e. The number of hydrogen-bond donors (Lipinski definition) is 1. The van der Waals surface area contributed by atoms with E-state index in [1.807, 2.05) is 6.92 Å². The molecule has 7 heavy (non-hydrogen) atoms. The topological polar surface area (TPSA) is 26.0 Å². The average Bonchev–Trinajstić information content (AvgIpc) is 1.65. The zero-order valence-electron chi connectivity index (χ0n) is 4.24. The summed E-state index contributed by atoms with van der Waals surface area (Å²) in [5.41, 5.74) is 6.05. The van der Waals surface area contributed by atoms with Crippen LogP contribution in [-0.2, 0) is 0 Å². The summed E-state index contributed by atoms with van der Waals surface area (Å²) in [5.74, 6) is 0. The summed E-state index contributed by atoms with van der Waals surface area (Å²) >= 11 is 3.18. The zero-order chi connectivity index (χ0) is 5.86. The van der Waals surface area contributed by atoms with Crippen LogP contribution in [-0.4, -0.2) is 0 Å². The second-order valence-electron chi connectivity index (χ2n) is 1.29. The summed E-state index contributed by atoms with van der Waals surface area (Å²) in [7, 11) is 0. The Morgan fingerprint density at radius 1 is 1.86 bits per heavy atom. The van der Waals surface area contributed by atoms with Gasteiger partial charge in [0, 0.05) is 10.7 Å². The fourth-order valence-corrected chi connectivity index (χ4v) is 0.142. The molecule has 0 unspecified atom stereocenters. The molecule has 0 radical (unpaired) electrons. The first-order chi connectivity index (χ1) is 3.18. The standard InChI is InChI=1S/C5H8BrN/c1-4(2)5(6)3-7/h3H,1,7H2,2H3/b5-3+. The summed E-state index contributed by atoms with van der Waals surface area (Å²) in [6.07, 6.45) is 1.47. The Labute approximate surface area is 52.0 Å². The Bertz CT molecular complexity index is 105. The highest BCUT2D eigenvalue weighted by molar-refractivity contribution is 9.11. The van der Waals surface area contributed by atoms with Crippen LogP contribution < -0.4 is 5.73 Å². The van der Waals surface area contributed by atoms with Gasteiger partial charge in [-0.05, 0) is 28.4 Å². The van der Waals surface area contributed by atoms with Gasteiger partial charge in [0.05, 0.1) is 0 Å². The quantitative estimate of drug-likeness (QED) is 0.584. The molecule has 0 bridgehead atoms. The summed E-state index contributed by atoms with van der Waals surface area (Å²) in [5, 5.41) is 0. The Kier molecular flexibility index (Phi) is 2.76. The molecule has 1 nitrogen and oxygen atoms in total. The molecule has 0 amide bonds. The highest BCUT2D eigenvalue weighted by Crippen LogP contribution is 2.11. The highest BCUT2D eigenvalue weighted by Gasteiger charge is 1.84. The van der Waals surface area contributed by atoms with Gasteiger partial charge < -0.3 is 5.73 Å². The molecule has 2 heteroatoms. The Morgan fingerprint density at radius 3 is 2.29 bits per heavy atom. The normalized spacial score (nSPS) is 11.4.